The van der Waals surface area contributed by atoms with E-state index < -0.39 is 39.5 Å². The molecule has 2 saturated heterocycles. The van der Waals surface area contributed by atoms with E-state index in [4.69, 9.17) is 0 Å². The molecule has 0 aromatic carbocycles. The number of carbonyl (C=O) groups excluding carboxylic acids is 4. The second-order valence-electron chi connectivity index (χ2n) is 13.0. The lowest BCUT2D eigenvalue weighted by Crippen LogP contribution is -2.68. The van der Waals surface area contributed by atoms with Gasteiger partial charge in [0.2, 0.25) is 12.8 Å². The predicted octanol–water partition coefficient (Wildman–Crippen LogP) is 1.49. The maximum Gasteiger partial charge on any atom is 0.210 e. The molecular weight excluding hydrogens is 436 g/mol. The van der Waals surface area contributed by atoms with Crippen molar-refractivity contribution < 1.29 is 29.4 Å². The Balaban J connectivity index is 2.65. The number of carboxylic acid groups (broad SMARTS) is 2. The Morgan fingerprint density at radius 3 is 1.32 bits per heavy atom. The first-order valence-electron chi connectivity index (χ1n) is 12.3. The van der Waals surface area contributed by atoms with Crippen LogP contribution in [0.2, 0.25) is 0 Å². The van der Waals surface area contributed by atoms with Gasteiger partial charge in [-0.2, -0.15) is 0 Å². The number of nitrogens with zero attached hydrogens (tertiary/aromatic N) is 2. The van der Waals surface area contributed by atoms with Gasteiger partial charge in [0, 0.05) is 39.5 Å². The molecule has 2 aliphatic heterocycles. The van der Waals surface area contributed by atoms with Gasteiger partial charge >= 0.3 is 0 Å². The van der Waals surface area contributed by atoms with Crippen molar-refractivity contribution in [3.63, 3.8) is 0 Å². The van der Waals surface area contributed by atoms with Gasteiger partial charge in [0.05, 0.1) is 0 Å². The minimum atomic E-state index is -1.30. The quantitative estimate of drug-likeness (QED) is 0.463. The average Bonchev–Trinajstić information content (AvgIpc) is 2.61. The van der Waals surface area contributed by atoms with E-state index in [-0.39, 0.29) is 31.1 Å². The third kappa shape index (κ3) is 4.96. The van der Waals surface area contributed by atoms with E-state index >= 15 is 0 Å². The van der Waals surface area contributed by atoms with Crippen molar-refractivity contribution in [3.8, 4) is 0 Å². The van der Waals surface area contributed by atoms with Crippen molar-refractivity contribution in [1.29, 1.82) is 0 Å². The Hall–Kier alpha value is -2.12. The smallest absolute Gasteiger partial charge is 0.210 e. The Labute approximate surface area is 204 Å². The molecule has 0 aromatic heterocycles. The molecule has 0 aromatic rings. The second kappa shape index (κ2) is 9.15. The van der Waals surface area contributed by atoms with Crippen LogP contribution in [0.1, 0.15) is 100 Å². The van der Waals surface area contributed by atoms with E-state index in [0.29, 0.717) is 25.7 Å². The summed E-state index contributed by atoms with van der Waals surface area (Å²) in [6, 6.07) is 0. The molecule has 0 saturated carbocycles. The maximum absolute atomic E-state index is 13.2. The van der Waals surface area contributed by atoms with Crippen molar-refractivity contribution >= 4 is 24.8 Å². The number of piperidine rings is 2. The van der Waals surface area contributed by atoms with E-state index in [0.717, 1.165) is 12.8 Å². The summed E-state index contributed by atoms with van der Waals surface area (Å²) in [6.45, 7) is 15.6. The summed E-state index contributed by atoms with van der Waals surface area (Å²) < 4.78 is 0. The van der Waals surface area contributed by atoms with Crippen LogP contribution in [-0.4, -0.2) is 56.7 Å². The van der Waals surface area contributed by atoms with Gasteiger partial charge in [-0.05, 0) is 112 Å². The Kier molecular flexibility index (Phi) is 7.57. The number of aliphatic carboxylic acids is 2. The van der Waals surface area contributed by atoms with Crippen molar-refractivity contribution in [2.24, 2.45) is 17.3 Å². The van der Waals surface area contributed by atoms with Gasteiger partial charge in [0.1, 0.15) is 0 Å². The molecule has 8 nitrogen and oxygen atoms in total. The fourth-order valence-electron chi connectivity index (χ4n) is 7.59. The second-order valence-corrected chi connectivity index (χ2v) is 13.0. The van der Waals surface area contributed by atoms with Crippen LogP contribution in [-0.2, 0) is 19.2 Å². The molecule has 0 aliphatic carbocycles. The van der Waals surface area contributed by atoms with E-state index in [1.54, 1.807) is 9.80 Å². The van der Waals surface area contributed by atoms with Gasteiger partial charge in [-0.15, -0.1) is 0 Å². The van der Waals surface area contributed by atoms with Crippen LogP contribution in [0.3, 0.4) is 0 Å². The zero-order valence-electron chi connectivity index (χ0n) is 22.1. The van der Waals surface area contributed by atoms with Crippen molar-refractivity contribution in [3.05, 3.63) is 0 Å². The number of hydrogen-bond acceptors (Lipinski definition) is 6. The highest BCUT2D eigenvalue weighted by Crippen LogP contribution is 2.57. The molecule has 2 amide bonds. The van der Waals surface area contributed by atoms with Crippen LogP contribution >= 0.6 is 0 Å². The summed E-state index contributed by atoms with van der Waals surface area (Å²) in [4.78, 5) is 51.9. The molecule has 2 aliphatic rings. The third-order valence-electron chi connectivity index (χ3n) is 8.61. The molecule has 34 heavy (non-hydrogen) atoms. The Morgan fingerprint density at radius 1 is 0.765 bits per heavy atom. The first-order chi connectivity index (χ1) is 15.4. The van der Waals surface area contributed by atoms with Crippen LogP contribution in [0.15, 0.2) is 0 Å². The van der Waals surface area contributed by atoms with Gasteiger partial charge in [-0.1, -0.05) is 0 Å². The Bertz CT molecular complexity index is 732. The number of hydrogen-bond donors (Lipinski definition) is 0. The normalized spacial score (nSPS) is 24.5. The largest absolute Gasteiger partial charge is 0.550 e. The zero-order valence-corrected chi connectivity index (χ0v) is 22.1. The van der Waals surface area contributed by atoms with Gasteiger partial charge in [-0.3, -0.25) is 9.59 Å². The monoisotopic (exact) mass is 478 g/mol. The number of rotatable bonds is 9. The standard InChI is InChI=1S/C26H44N2O6/c1-22(2)12-18(13-23(3,4)27(22)16-29)26(21(33)34,11-9-10-20(31)32)19-14-24(5,6)28(17-30)25(7,8)15-19/h16-19H,9-15H2,1-8H3,(H,31,32)(H,33,34)/p-2. The molecule has 0 radical (unpaired) electrons. The first kappa shape index (κ1) is 28.1. The van der Waals surface area contributed by atoms with Crippen molar-refractivity contribution in [1.82, 2.24) is 9.80 Å². The molecule has 0 N–H and O–H groups in total. The highest BCUT2D eigenvalue weighted by Gasteiger charge is 2.58. The SMILES string of the molecule is CC1(C)CC(C(CCCC(=O)[O-])(C(=O)[O-])C2CC(C)(C)N(C=O)C(C)(C)C2)CC(C)(C)N1C=O. The van der Waals surface area contributed by atoms with Crippen LogP contribution in [0.25, 0.3) is 0 Å². The summed E-state index contributed by atoms with van der Waals surface area (Å²) in [5, 5.41) is 24.4. The van der Waals surface area contributed by atoms with Gasteiger partial charge in [-0.25, -0.2) is 0 Å². The lowest BCUT2D eigenvalue weighted by molar-refractivity contribution is -0.330. The molecule has 0 bridgehead atoms. The summed E-state index contributed by atoms with van der Waals surface area (Å²) >= 11 is 0. The van der Waals surface area contributed by atoms with Crippen LogP contribution in [0.5, 0.6) is 0 Å². The molecular formula is C26H42N2O6-2. The lowest BCUT2D eigenvalue weighted by atomic mass is 9.52. The molecule has 194 valence electrons. The highest BCUT2D eigenvalue weighted by atomic mass is 16.4. The molecule has 2 rings (SSSR count). The van der Waals surface area contributed by atoms with Crippen molar-refractivity contribution in [2.75, 3.05) is 0 Å². The molecule has 0 atom stereocenters. The summed E-state index contributed by atoms with van der Waals surface area (Å²) in [6.07, 6.45) is 3.61. The summed E-state index contributed by atoms with van der Waals surface area (Å²) in [5.74, 6) is -3.04. The van der Waals surface area contributed by atoms with Crippen LogP contribution < -0.4 is 10.2 Å². The maximum atomic E-state index is 13.2. The number of carbonyl (C=O) groups is 4. The highest BCUT2D eigenvalue weighted by molar-refractivity contribution is 5.74. The minimum absolute atomic E-state index is 0.152. The zero-order chi connectivity index (χ0) is 26.3. The molecule has 0 unspecified atom stereocenters. The van der Waals surface area contributed by atoms with Gasteiger partial charge in [0.15, 0.2) is 0 Å². The topological polar surface area (TPSA) is 121 Å². The fourth-order valence-corrected chi connectivity index (χ4v) is 7.59. The number of amides is 2. The third-order valence-corrected chi connectivity index (χ3v) is 8.61. The molecule has 2 heterocycles. The van der Waals surface area contributed by atoms with E-state index in [2.05, 4.69) is 0 Å². The van der Waals surface area contributed by atoms with E-state index in [9.17, 15) is 29.4 Å². The summed E-state index contributed by atoms with van der Waals surface area (Å²) in [7, 11) is 0. The first-order valence-corrected chi connectivity index (χ1v) is 12.3. The van der Waals surface area contributed by atoms with Crippen LogP contribution in [0, 0.1) is 17.3 Å². The molecule has 2 fully saturated rings. The van der Waals surface area contributed by atoms with E-state index in [1.807, 2.05) is 55.4 Å². The van der Waals surface area contributed by atoms with Gasteiger partial charge < -0.3 is 29.6 Å². The number of carboxylic acids is 2. The minimum Gasteiger partial charge on any atom is -0.550 e. The Morgan fingerprint density at radius 2 is 1.09 bits per heavy atom. The molecule has 8 heteroatoms. The lowest BCUT2D eigenvalue weighted by Gasteiger charge is -2.63. The number of likely N-dealkylation sites (tertiary alicyclic amines) is 2. The predicted molar refractivity (Wildman–Crippen MR) is 124 cm³/mol. The van der Waals surface area contributed by atoms with Crippen LogP contribution in [0.4, 0.5) is 0 Å². The molecule has 0 spiro atoms. The summed E-state index contributed by atoms with van der Waals surface area (Å²) in [5.41, 5.74) is -3.65. The average molecular weight is 479 g/mol. The van der Waals surface area contributed by atoms with E-state index in [1.165, 1.54) is 0 Å². The van der Waals surface area contributed by atoms with Gasteiger partial charge in [0.25, 0.3) is 0 Å². The van der Waals surface area contributed by atoms with Crippen molar-refractivity contribution in [2.45, 2.75) is 122 Å². The fraction of sp³-hybridized carbons (Fsp3) is 0.846.